The maximum atomic E-state index is 13.0. The summed E-state index contributed by atoms with van der Waals surface area (Å²) in [5, 5.41) is 17.4. The average molecular weight is 465 g/mol. The Kier molecular flexibility index (Phi) is 4.61. The topological polar surface area (TPSA) is 161 Å². The number of nitrogens with two attached hydrogens (primary N) is 1. The van der Waals surface area contributed by atoms with Crippen LogP contribution in [0.2, 0.25) is 0 Å². The molecule has 2 aliphatic rings. The molecule has 11 nitrogen and oxygen atoms in total. The lowest BCUT2D eigenvalue weighted by atomic mass is 9.93. The highest BCUT2D eigenvalue weighted by atomic mass is 32.2. The number of fused-ring (bicyclic) bond motifs is 7. The van der Waals surface area contributed by atoms with Gasteiger partial charge in [0.1, 0.15) is 23.1 Å². The maximum Gasteiger partial charge on any atom is 0.258 e. The first kappa shape index (κ1) is 20.9. The number of hydrogen-bond acceptors (Lipinski definition) is 9. The molecule has 0 amide bonds. The number of aryl methyl sites for hydroxylation is 2. The summed E-state index contributed by atoms with van der Waals surface area (Å²) in [6.45, 7) is 3.75. The van der Waals surface area contributed by atoms with E-state index in [-0.39, 0.29) is 23.8 Å². The highest BCUT2D eigenvalue weighted by Gasteiger charge is 2.40. The summed E-state index contributed by atoms with van der Waals surface area (Å²) < 4.78 is 33.4. The molecular weight excluding hydrogens is 444 g/mol. The van der Waals surface area contributed by atoms with E-state index in [0.29, 0.717) is 28.2 Å². The SMILES string of the molecule is Cc1ccc2c(c1)[C@@H](C)Oc1nc(cnc1N)-c1c(nn(C)c1C#N)CC1C2=NNS1(=O)=O. The van der Waals surface area contributed by atoms with Gasteiger partial charge >= 0.3 is 0 Å². The minimum absolute atomic E-state index is 0.0109. The van der Waals surface area contributed by atoms with E-state index in [4.69, 9.17) is 10.5 Å². The smallest absolute Gasteiger partial charge is 0.258 e. The number of hydrazone groups is 1. The van der Waals surface area contributed by atoms with Crippen molar-refractivity contribution in [2.24, 2.45) is 12.1 Å². The molecule has 0 fully saturated rings. The van der Waals surface area contributed by atoms with Gasteiger partial charge in [0.15, 0.2) is 5.82 Å². The van der Waals surface area contributed by atoms with Crippen LogP contribution in [0.1, 0.15) is 41.1 Å². The molecule has 4 heterocycles. The monoisotopic (exact) mass is 464 g/mol. The fraction of sp³-hybridized carbons (Fsp3) is 0.286. The van der Waals surface area contributed by atoms with Gasteiger partial charge in [-0.15, -0.1) is 0 Å². The highest BCUT2D eigenvalue weighted by Crippen LogP contribution is 2.35. The van der Waals surface area contributed by atoms with E-state index in [9.17, 15) is 13.7 Å². The van der Waals surface area contributed by atoms with Gasteiger partial charge in [0.25, 0.3) is 15.9 Å². The van der Waals surface area contributed by atoms with Crippen molar-refractivity contribution in [3.8, 4) is 23.2 Å². The fourth-order valence-electron chi connectivity index (χ4n) is 4.20. The summed E-state index contributed by atoms with van der Waals surface area (Å²) in [5.74, 6) is 0.212. The molecule has 2 aliphatic heterocycles. The van der Waals surface area contributed by atoms with Gasteiger partial charge in [-0.2, -0.15) is 15.5 Å². The van der Waals surface area contributed by atoms with Gasteiger partial charge in [0.05, 0.1) is 28.9 Å². The Morgan fingerprint density at radius 2 is 2.15 bits per heavy atom. The third kappa shape index (κ3) is 3.28. The molecule has 3 aromatic rings. The first-order chi connectivity index (χ1) is 15.7. The first-order valence-corrected chi connectivity index (χ1v) is 11.7. The Balaban J connectivity index is 1.82. The zero-order chi connectivity index (χ0) is 23.5. The van der Waals surface area contributed by atoms with Crippen molar-refractivity contribution >= 4 is 21.6 Å². The number of nitriles is 1. The number of sulfonamides is 1. The first-order valence-electron chi connectivity index (χ1n) is 10.1. The molecule has 5 rings (SSSR count). The van der Waals surface area contributed by atoms with Crippen LogP contribution >= 0.6 is 0 Å². The molecule has 0 saturated heterocycles. The molecule has 1 unspecified atom stereocenters. The fourth-order valence-corrected chi connectivity index (χ4v) is 5.41. The molecule has 0 spiro atoms. The second-order valence-electron chi connectivity index (χ2n) is 8.03. The Hall–Kier alpha value is -3.98. The van der Waals surface area contributed by atoms with Crippen LogP contribution in [0.15, 0.2) is 29.5 Å². The Labute approximate surface area is 190 Å². The number of aromatic nitrogens is 4. The van der Waals surface area contributed by atoms with Gasteiger partial charge in [-0.25, -0.2) is 23.2 Å². The maximum absolute atomic E-state index is 13.0. The van der Waals surface area contributed by atoms with Gasteiger partial charge in [0, 0.05) is 24.6 Å². The molecule has 12 heteroatoms. The standard InChI is InChI=1S/C21H20N8O3S/c1-10-4-5-12-13(6-10)11(2)32-21-20(23)24-9-15(25-21)18-14(27-29(3)16(18)8-22)7-17-19(12)26-28-33(17,30)31/h4-6,9,11,17,28H,7H2,1-3H3,(H2,23,24)/t11-,17?/m1/s1. The molecular formula is C21H20N8O3S. The zero-order valence-corrected chi connectivity index (χ0v) is 18.9. The minimum atomic E-state index is -3.82. The largest absolute Gasteiger partial charge is 0.467 e. The summed E-state index contributed by atoms with van der Waals surface area (Å²) in [6.07, 6.45) is 0.874. The van der Waals surface area contributed by atoms with Gasteiger partial charge in [-0.3, -0.25) is 4.68 Å². The molecule has 0 saturated carbocycles. The summed E-state index contributed by atoms with van der Waals surface area (Å²) in [6, 6.07) is 7.75. The summed E-state index contributed by atoms with van der Waals surface area (Å²) in [7, 11) is -2.21. The van der Waals surface area contributed by atoms with Gasteiger partial charge < -0.3 is 10.5 Å². The molecule has 168 valence electrons. The Bertz CT molecular complexity index is 1490. The molecule has 0 radical (unpaired) electrons. The zero-order valence-electron chi connectivity index (χ0n) is 18.1. The summed E-state index contributed by atoms with van der Waals surface area (Å²) >= 11 is 0. The van der Waals surface area contributed by atoms with Crippen LogP contribution in [0.5, 0.6) is 5.88 Å². The van der Waals surface area contributed by atoms with E-state index in [1.165, 1.54) is 10.9 Å². The lowest BCUT2D eigenvalue weighted by Gasteiger charge is -2.21. The van der Waals surface area contributed by atoms with Crippen LogP contribution in [0.3, 0.4) is 0 Å². The molecule has 3 N–H and O–H groups in total. The predicted octanol–water partition coefficient (Wildman–Crippen LogP) is 1.34. The van der Waals surface area contributed by atoms with E-state index >= 15 is 0 Å². The normalized spacial score (nSPS) is 20.5. The van der Waals surface area contributed by atoms with E-state index in [0.717, 1.165) is 11.1 Å². The number of hydrogen-bond donors (Lipinski definition) is 2. The van der Waals surface area contributed by atoms with Crippen LogP contribution in [0, 0.1) is 18.3 Å². The van der Waals surface area contributed by atoms with Crippen molar-refractivity contribution in [1.82, 2.24) is 24.6 Å². The van der Waals surface area contributed by atoms with Crippen molar-refractivity contribution in [2.45, 2.75) is 31.6 Å². The summed E-state index contributed by atoms with van der Waals surface area (Å²) in [5.41, 5.74) is 10.1. The molecule has 0 aliphatic carbocycles. The third-order valence-corrected chi connectivity index (χ3v) is 7.29. The second kappa shape index (κ2) is 7.28. The van der Waals surface area contributed by atoms with Gasteiger partial charge in [0.2, 0.25) is 0 Å². The quantitative estimate of drug-likeness (QED) is 0.504. The van der Waals surface area contributed by atoms with Crippen molar-refractivity contribution in [3.63, 3.8) is 0 Å². The molecule has 2 atom stereocenters. The van der Waals surface area contributed by atoms with Crippen molar-refractivity contribution in [3.05, 3.63) is 52.5 Å². The number of nitrogens with one attached hydrogen (secondary N) is 1. The lowest BCUT2D eigenvalue weighted by molar-refractivity contribution is 0.218. The van der Waals surface area contributed by atoms with Crippen LogP contribution in [0.4, 0.5) is 5.82 Å². The summed E-state index contributed by atoms with van der Waals surface area (Å²) in [4.78, 5) is 11.0. The van der Waals surface area contributed by atoms with E-state index in [2.05, 4.69) is 31.1 Å². The van der Waals surface area contributed by atoms with Crippen molar-refractivity contribution < 1.29 is 13.2 Å². The Morgan fingerprint density at radius 3 is 2.91 bits per heavy atom. The highest BCUT2D eigenvalue weighted by molar-refractivity contribution is 7.91. The number of nitrogen functional groups attached to an aromatic ring is 1. The number of anilines is 1. The van der Waals surface area contributed by atoms with Crippen LogP contribution in [-0.4, -0.2) is 39.1 Å². The number of ether oxygens (including phenoxy) is 1. The van der Waals surface area contributed by atoms with Gasteiger partial charge in [-0.1, -0.05) is 23.8 Å². The molecule has 33 heavy (non-hydrogen) atoms. The van der Waals surface area contributed by atoms with Crippen molar-refractivity contribution in [1.29, 1.82) is 5.26 Å². The van der Waals surface area contributed by atoms with E-state index in [1.54, 1.807) is 7.05 Å². The Morgan fingerprint density at radius 1 is 1.36 bits per heavy atom. The molecule has 2 aromatic heterocycles. The number of rotatable bonds is 0. The number of benzene rings is 1. The van der Waals surface area contributed by atoms with E-state index < -0.39 is 21.4 Å². The van der Waals surface area contributed by atoms with Crippen molar-refractivity contribution in [2.75, 3.05) is 5.73 Å². The average Bonchev–Trinajstić information content (AvgIpc) is 3.24. The lowest BCUT2D eigenvalue weighted by Crippen LogP contribution is -2.32. The third-order valence-electron chi connectivity index (χ3n) is 5.81. The number of nitrogens with zero attached hydrogens (tertiary/aromatic N) is 6. The van der Waals surface area contributed by atoms with Crippen LogP contribution in [-0.2, 0) is 23.5 Å². The van der Waals surface area contributed by atoms with Crippen LogP contribution in [0.25, 0.3) is 11.3 Å². The second-order valence-corrected chi connectivity index (χ2v) is 9.87. The molecule has 2 bridgehead atoms. The van der Waals surface area contributed by atoms with E-state index in [1.807, 2.05) is 32.0 Å². The van der Waals surface area contributed by atoms with Gasteiger partial charge in [-0.05, 0) is 13.8 Å². The molecule has 1 aromatic carbocycles. The van der Waals surface area contributed by atoms with Crippen LogP contribution < -0.4 is 15.3 Å². The minimum Gasteiger partial charge on any atom is -0.467 e. The predicted molar refractivity (Wildman–Crippen MR) is 120 cm³/mol.